The summed E-state index contributed by atoms with van der Waals surface area (Å²) in [6.45, 7) is 14.9. The van der Waals surface area contributed by atoms with E-state index in [1.54, 1.807) is 0 Å². The van der Waals surface area contributed by atoms with Gasteiger partial charge in [0.25, 0.3) is 0 Å². The normalized spacial score (nSPS) is 16.4. The topological polar surface area (TPSA) is 32.3 Å². The van der Waals surface area contributed by atoms with Crippen LogP contribution < -0.4 is 5.32 Å². The van der Waals surface area contributed by atoms with Crippen LogP contribution in [0.2, 0.25) is 0 Å². The summed E-state index contributed by atoms with van der Waals surface area (Å²) >= 11 is 0. The maximum absolute atomic E-state index is 10.9. The molecule has 1 saturated heterocycles. The lowest BCUT2D eigenvalue weighted by atomic mass is 10.1. The van der Waals surface area contributed by atoms with E-state index in [0.29, 0.717) is 5.92 Å². The zero-order chi connectivity index (χ0) is 14.0. The van der Waals surface area contributed by atoms with E-state index in [-0.39, 0.29) is 13.3 Å². The molecule has 0 atom stereocenters. The molecule has 0 aromatic carbocycles. The largest absolute Gasteiger partial charge is 0.356 e. The highest BCUT2D eigenvalue weighted by Crippen LogP contribution is 2.06. The molecule has 1 rings (SSSR count). The molecule has 0 bridgehead atoms. The van der Waals surface area contributed by atoms with Gasteiger partial charge in [0, 0.05) is 13.9 Å². The van der Waals surface area contributed by atoms with Crippen molar-refractivity contribution >= 4 is 5.91 Å². The fraction of sp³-hybridized carbons (Fsp3) is 0.933. The first kappa shape index (κ1) is 17.4. The molecule has 1 aliphatic heterocycles. The lowest BCUT2D eigenvalue weighted by molar-refractivity contribution is -0.124. The third kappa shape index (κ3) is 9.46. The van der Waals surface area contributed by atoms with Crippen molar-refractivity contribution in [2.45, 2.75) is 53.9 Å². The van der Waals surface area contributed by atoms with Gasteiger partial charge in [0.15, 0.2) is 0 Å². The second kappa shape index (κ2) is 10.4. The van der Waals surface area contributed by atoms with Crippen LogP contribution in [0.25, 0.3) is 0 Å². The van der Waals surface area contributed by atoms with Crippen LogP contribution in [0.15, 0.2) is 0 Å². The summed E-state index contributed by atoms with van der Waals surface area (Å²) in [5.74, 6) is 0.801. The van der Waals surface area contributed by atoms with Gasteiger partial charge in [-0.25, -0.2) is 0 Å². The van der Waals surface area contributed by atoms with Gasteiger partial charge in [-0.2, -0.15) is 0 Å². The number of rotatable bonds is 4. The maximum atomic E-state index is 10.9. The molecule has 0 saturated carbocycles. The second-order valence-corrected chi connectivity index (χ2v) is 5.79. The summed E-state index contributed by atoms with van der Waals surface area (Å²) in [7, 11) is 0. The summed E-state index contributed by atoms with van der Waals surface area (Å²) < 4.78 is 0. The minimum Gasteiger partial charge on any atom is -0.356 e. The van der Waals surface area contributed by atoms with E-state index in [4.69, 9.17) is 0 Å². The Labute approximate surface area is 115 Å². The van der Waals surface area contributed by atoms with Crippen molar-refractivity contribution in [1.82, 2.24) is 10.2 Å². The maximum Gasteiger partial charge on any atom is 0.222 e. The Morgan fingerprint density at radius 1 is 1.17 bits per heavy atom. The molecular weight excluding hydrogens is 224 g/mol. The Morgan fingerprint density at radius 3 is 2.06 bits per heavy atom. The van der Waals surface area contributed by atoms with Crippen molar-refractivity contribution in [3.8, 4) is 0 Å². The summed E-state index contributed by atoms with van der Waals surface area (Å²) in [5.41, 5.74) is 0. The highest BCUT2D eigenvalue weighted by atomic mass is 16.1. The number of hydrogen-bond acceptors (Lipinski definition) is 2. The van der Waals surface area contributed by atoms with Crippen LogP contribution in [-0.2, 0) is 4.79 Å². The van der Waals surface area contributed by atoms with Crippen LogP contribution in [0.3, 0.4) is 0 Å². The standard InChI is InChI=1S/C8H17NO.C7H15N.H2/c1-6(2)5-9-8(10)7(3)4;1-2-8-6-4-3-5-7-8;/h6-7H,5H2,1-4H3,(H,9,10);2-7H2,1H3;1H. The lowest BCUT2D eigenvalue weighted by Gasteiger charge is -2.24. The third-order valence-corrected chi connectivity index (χ3v) is 3.10. The Hall–Kier alpha value is -0.570. The van der Waals surface area contributed by atoms with Gasteiger partial charge in [-0.15, -0.1) is 0 Å². The van der Waals surface area contributed by atoms with Gasteiger partial charge in [0.05, 0.1) is 0 Å². The molecule has 0 spiro atoms. The number of amides is 1. The summed E-state index contributed by atoms with van der Waals surface area (Å²) in [6.07, 6.45) is 4.30. The molecule has 0 unspecified atom stereocenters. The molecule has 1 amide bonds. The number of likely N-dealkylation sites (tertiary alicyclic amines) is 1. The van der Waals surface area contributed by atoms with Crippen molar-refractivity contribution in [1.29, 1.82) is 0 Å². The second-order valence-electron chi connectivity index (χ2n) is 5.79. The summed E-state index contributed by atoms with van der Waals surface area (Å²) in [4.78, 5) is 13.5. The van der Waals surface area contributed by atoms with Gasteiger partial charge in [-0.05, 0) is 38.4 Å². The number of nitrogens with one attached hydrogen (secondary N) is 1. The van der Waals surface area contributed by atoms with E-state index >= 15 is 0 Å². The van der Waals surface area contributed by atoms with Gasteiger partial charge in [0.1, 0.15) is 0 Å². The smallest absolute Gasteiger partial charge is 0.222 e. The molecule has 0 aliphatic carbocycles. The van der Waals surface area contributed by atoms with Crippen molar-refractivity contribution in [2.75, 3.05) is 26.2 Å². The number of piperidine rings is 1. The highest BCUT2D eigenvalue weighted by Gasteiger charge is 2.06. The minimum absolute atomic E-state index is 0. The first-order valence-electron chi connectivity index (χ1n) is 7.47. The molecule has 0 aromatic rings. The third-order valence-electron chi connectivity index (χ3n) is 3.10. The first-order valence-corrected chi connectivity index (χ1v) is 7.47. The molecule has 0 radical (unpaired) electrons. The Balaban J connectivity index is 0. The van der Waals surface area contributed by atoms with E-state index in [2.05, 4.69) is 31.0 Å². The monoisotopic (exact) mass is 258 g/mol. The predicted molar refractivity (Wildman–Crippen MR) is 80.8 cm³/mol. The number of carbonyl (C=O) groups excluding carboxylic acids is 1. The van der Waals surface area contributed by atoms with Crippen molar-refractivity contribution < 1.29 is 6.22 Å². The Morgan fingerprint density at radius 2 is 1.72 bits per heavy atom. The van der Waals surface area contributed by atoms with Crippen LogP contribution in [0.5, 0.6) is 0 Å². The molecule has 0 aromatic heterocycles. The first-order chi connectivity index (χ1) is 8.47. The molecule has 3 nitrogen and oxygen atoms in total. The van der Waals surface area contributed by atoms with Gasteiger partial charge in [-0.3, -0.25) is 4.79 Å². The van der Waals surface area contributed by atoms with Crippen LogP contribution in [0.1, 0.15) is 55.3 Å². The summed E-state index contributed by atoms with van der Waals surface area (Å²) in [6, 6.07) is 0. The quantitative estimate of drug-likeness (QED) is 0.840. The van der Waals surface area contributed by atoms with Crippen LogP contribution in [-0.4, -0.2) is 37.0 Å². The van der Waals surface area contributed by atoms with E-state index in [1.807, 2.05) is 13.8 Å². The molecule has 3 heteroatoms. The predicted octanol–water partition coefficient (Wildman–Crippen LogP) is 3.15. The van der Waals surface area contributed by atoms with Gasteiger partial charge in [0.2, 0.25) is 5.91 Å². The average molecular weight is 258 g/mol. The molecule has 1 aliphatic rings. The van der Waals surface area contributed by atoms with E-state index < -0.39 is 0 Å². The van der Waals surface area contributed by atoms with Crippen LogP contribution >= 0.6 is 0 Å². The van der Waals surface area contributed by atoms with E-state index in [0.717, 1.165) is 6.54 Å². The number of nitrogens with zero attached hydrogens (tertiary/aromatic N) is 1. The van der Waals surface area contributed by atoms with E-state index in [9.17, 15) is 4.79 Å². The van der Waals surface area contributed by atoms with Gasteiger partial charge in [-0.1, -0.05) is 41.0 Å². The Bertz CT molecular complexity index is 214. The fourth-order valence-corrected chi connectivity index (χ4v) is 1.78. The lowest BCUT2D eigenvalue weighted by Crippen LogP contribution is -2.30. The average Bonchev–Trinajstić information content (AvgIpc) is 2.37. The zero-order valence-electron chi connectivity index (χ0n) is 13.0. The van der Waals surface area contributed by atoms with Crippen molar-refractivity contribution in [3.05, 3.63) is 0 Å². The molecule has 1 N–H and O–H groups in total. The van der Waals surface area contributed by atoms with Gasteiger partial charge < -0.3 is 10.2 Å². The molecule has 18 heavy (non-hydrogen) atoms. The number of carbonyl (C=O) groups is 1. The molecular formula is C15H34N2O. The Kier molecular flexibility index (Phi) is 10.0. The highest BCUT2D eigenvalue weighted by molar-refractivity contribution is 5.77. The van der Waals surface area contributed by atoms with Crippen molar-refractivity contribution in [3.63, 3.8) is 0 Å². The van der Waals surface area contributed by atoms with Crippen LogP contribution in [0, 0.1) is 11.8 Å². The van der Waals surface area contributed by atoms with Crippen molar-refractivity contribution in [2.24, 2.45) is 11.8 Å². The molecule has 1 fully saturated rings. The fourth-order valence-electron chi connectivity index (χ4n) is 1.78. The molecule has 1 heterocycles. The SMILES string of the molecule is CC(C)CNC(=O)C(C)C.CCN1CCCCC1.[HH]. The zero-order valence-corrected chi connectivity index (χ0v) is 13.0. The summed E-state index contributed by atoms with van der Waals surface area (Å²) in [5, 5.41) is 2.84. The van der Waals surface area contributed by atoms with E-state index in [1.165, 1.54) is 38.9 Å². The van der Waals surface area contributed by atoms with Crippen LogP contribution in [0.4, 0.5) is 0 Å². The minimum atomic E-state index is 0. The number of hydrogen-bond donors (Lipinski definition) is 1. The molecule has 110 valence electrons. The van der Waals surface area contributed by atoms with Gasteiger partial charge >= 0.3 is 0 Å².